The Hall–Kier alpha value is -1.92. The van der Waals surface area contributed by atoms with Crippen LogP contribution in [-0.4, -0.2) is 38.2 Å². The standard InChI is InChI=1S/C13H18N2O2.C2H4O2/c1-2-17-13(16)11-6-4-3-5-10(11)12-9-14-7-8-15-12;1-2(3)4/h3-6,12,14-15H,2,7-9H2,1H3;1H3,(H,3,4)/p-1. The lowest BCUT2D eigenvalue weighted by molar-refractivity contribution is -0.302. The fourth-order valence-electron chi connectivity index (χ4n) is 2.07. The Labute approximate surface area is 124 Å². The lowest BCUT2D eigenvalue weighted by Crippen LogP contribution is -2.43. The highest BCUT2D eigenvalue weighted by Crippen LogP contribution is 2.19. The van der Waals surface area contributed by atoms with Gasteiger partial charge in [0.1, 0.15) is 0 Å². The Balaban J connectivity index is 0.000000491. The zero-order valence-electron chi connectivity index (χ0n) is 12.3. The van der Waals surface area contributed by atoms with Gasteiger partial charge in [-0.2, -0.15) is 0 Å². The van der Waals surface area contributed by atoms with Gasteiger partial charge >= 0.3 is 5.97 Å². The molecule has 0 aromatic heterocycles. The summed E-state index contributed by atoms with van der Waals surface area (Å²) in [7, 11) is 0. The van der Waals surface area contributed by atoms with E-state index in [1.165, 1.54) is 0 Å². The monoisotopic (exact) mass is 293 g/mol. The molecule has 1 aliphatic rings. The minimum atomic E-state index is -1.08. The summed E-state index contributed by atoms with van der Waals surface area (Å²) in [5.74, 6) is -1.32. The van der Waals surface area contributed by atoms with Gasteiger partial charge in [-0.25, -0.2) is 4.79 Å². The van der Waals surface area contributed by atoms with Crippen LogP contribution in [0.15, 0.2) is 24.3 Å². The maximum Gasteiger partial charge on any atom is 0.338 e. The van der Waals surface area contributed by atoms with Gasteiger partial charge in [0.2, 0.25) is 0 Å². The average Bonchev–Trinajstić information content (AvgIpc) is 2.48. The second-order valence-electron chi connectivity index (χ2n) is 4.51. The van der Waals surface area contributed by atoms with Crippen molar-refractivity contribution in [1.82, 2.24) is 10.6 Å². The molecular weight excluding hydrogens is 272 g/mol. The number of carbonyl (C=O) groups excluding carboxylic acids is 2. The van der Waals surface area contributed by atoms with E-state index in [2.05, 4.69) is 10.6 Å². The first-order valence-corrected chi connectivity index (χ1v) is 6.94. The van der Waals surface area contributed by atoms with E-state index >= 15 is 0 Å². The van der Waals surface area contributed by atoms with Crippen LogP contribution in [0.5, 0.6) is 0 Å². The minimum Gasteiger partial charge on any atom is -0.550 e. The number of hydrogen-bond acceptors (Lipinski definition) is 6. The van der Waals surface area contributed by atoms with Crippen molar-refractivity contribution in [2.45, 2.75) is 19.9 Å². The number of esters is 1. The van der Waals surface area contributed by atoms with Crippen LogP contribution in [0.2, 0.25) is 0 Å². The Morgan fingerprint density at radius 3 is 2.57 bits per heavy atom. The second kappa shape index (κ2) is 9.10. The number of piperazine rings is 1. The molecule has 6 heteroatoms. The molecule has 0 bridgehead atoms. The SMILES string of the molecule is CC(=O)[O-].CCOC(=O)c1ccccc1C1CNCCN1. The van der Waals surface area contributed by atoms with Crippen LogP contribution in [-0.2, 0) is 9.53 Å². The lowest BCUT2D eigenvalue weighted by Gasteiger charge is -2.26. The van der Waals surface area contributed by atoms with Crippen LogP contribution < -0.4 is 15.7 Å². The van der Waals surface area contributed by atoms with Gasteiger partial charge in [0.05, 0.1) is 12.2 Å². The normalized spacial score (nSPS) is 17.3. The smallest absolute Gasteiger partial charge is 0.338 e. The van der Waals surface area contributed by atoms with Gasteiger partial charge in [-0.1, -0.05) is 18.2 Å². The molecule has 1 aliphatic heterocycles. The van der Waals surface area contributed by atoms with Crippen LogP contribution in [0.3, 0.4) is 0 Å². The molecule has 1 heterocycles. The number of ether oxygens (including phenoxy) is 1. The highest BCUT2D eigenvalue weighted by atomic mass is 16.5. The maximum absolute atomic E-state index is 11.8. The van der Waals surface area contributed by atoms with E-state index in [9.17, 15) is 4.79 Å². The Morgan fingerprint density at radius 1 is 1.33 bits per heavy atom. The third-order valence-electron chi connectivity index (χ3n) is 2.87. The topological polar surface area (TPSA) is 90.5 Å². The molecule has 21 heavy (non-hydrogen) atoms. The molecule has 0 aliphatic carbocycles. The molecule has 1 aromatic carbocycles. The molecule has 0 radical (unpaired) electrons. The number of aliphatic carboxylic acids is 1. The Kier molecular flexibility index (Phi) is 7.42. The molecule has 116 valence electrons. The predicted octanol–water partition coefficient (Wildman–Crippen LogP) is -0.147. The van der Waals surface area contributed by atoms with E-state index < -0.39 is 5.97 Å². The lowest BCUT2D eigenvalue weighted by atomic mass is 9.99. The molecule has 2 rings (SSSR count). The number of carbonyl (C=O) groups is 2. The van der Waals surface area contributed by atoms with Crippen molar-refractivity contribution < 1.29 is 19.4 Å². The highest BCUT2D eigenvalue weighted by Gasteiger charge is 2.20. The average molecular weight is 293 g/mol. The number of carboxylic acid groups (broad SMARTS) is 1. The highest BCUT2D eigenvalue weighted by molar-refractivity contribution is 5.91. The molecule has 1 saturated heterocycles. The minimum absolute atomic E-state index is 0.185. The first-order chi connectivity index (χ1) is 10.1. The van der Waals surface area contributed by atoms with Crippen molar-refractivity contribution in [3.05, 3.63) is 35.4 Å². The maximum atomic E-state index is 11.8. The summed E-state index contributed by atoms with van der Waals surface area (Å²) < 4.78 is 5.07. The largest absolute Gasteiger partial charge is 0.550 e. The first kappa shape index (κ1) is 17.1. The van der Waals surface area contributed by atoms with Crippen molar-refractivity contribution in [3.63, 3.8) is 0 Å². The zero-order chi connectivity index (χ0) is 15.7. The van der Waals surface area contributed by atoms with Crippen molar-refractivity contribution in [1.29, 1.82) is 0 Å². The third-order valence-corrected chi connectivity index (χ3v) is 2.87. The van der Waals surface area contributed by atoms with Crippen molar-refractivity contribution >= 4 is 11.9 Å². The van der Waals surface area contributed by atoms with Crippen LogP contribution >= 0.6 is 0 Å². The number of benzene rings is 1. The van der Waals surface area contributed by atoms with Gasteiger partial charge in [0.25, 0.3) is 0 Å². The summed E-state index contributed by atoms with van der Waals surface area (Å²) in [5, 5.41) is 15.6. The van der Waals surface area contributed by atoms with Crippen molar-refractivity contribution in [2.75, 3.05) is 26.2 Å². The van der Waals surface area contributed by atoms with Crippen LogP contribution in [0.4, 0.5) is 0 Å². The molecule has 6 nitrogen and oxygen atoms in total. The van der Waals surface area contributed by atoms with Gasteiger partial charge in [0, 0.05) is 31.6 Å². The van der Waals surface area contributed by atoms with E-state index in [1.54, 1.807) is 0 Å². The molecule has 0 saturated carbocycles. The quantitative estimate of drug-likeness (QED) is 0.754. The van der Waals surface area contributed by atoms with E-state index in [1.807, 2.05) is 31.2 Å². The van der Waals surface area contributed by atoms with Gasteiger partial charge < -0.3 is 25.3 Å². The zero-order valence-corrected chi connectivity index (χ0v) is 12.3. The third kappa shape index (κ3) is 5.93. The molecule has 1 aromatic rings. The molecule has 0 spiro atoms. The molecule has 2 N–H and O–H groups in total. The first-order valence-electron chi connectivity index (χ1n) is 6.94. The van der Waals surface area contributed by atoms with Crippen LogP contribution in [0.25, 0.3) is 0 Å². The summed E-state index contributed by atoms with van der Waals surface area (Å²) in [5.41, 5.74) is 1.67. The Bertz CT molecular complexity index is 466. The summed E-state index contributed by atoms with van der Waals surface area (Å²) in [4.78, 5) is 20.7. The molecule has 0 amide bonds. The van der Waals surface area contributed by atoms with Gasteiger partial charge in [0.15, 0.2) is 0 Å². The fourth-order valence-corrected chi connectivity index (χ4v) is 2.07. The molecule has 1 unspecified atom stereocenters. The van der Waals surface area contributed by atoms with Crippen molar-refractivity contribution in [3.8, 4) is 0 Å². The number of nitrogens with one attached hydrogen (secondary N) is 2. The van der Waals surface area contributed by atoms with Gasteiger partial charge in [-0.05, 0) is 25.5 Å². The Morgan fingerprint density at radius 2 is 2.00 bits per heavy atom. The van der Waals surface area contributed by atoms with Gasteiger partial charge in [-0.3, -0.25) is 0 Å². The number of rotatable bonds is 3. The summed E-state index contributed by atoms with van der Waals surface area (Å²) in [6.45, 7) is 5.93. The van der Waals surface area contributed by atoms with Crippen LogP contribution in [0, 0.1) is 0 Å². The van der Waals surface area contributed by atoms with Crippen LogP contribution in [0.1, 0.15) is 35.8 Å². The predicted molar refractivity (Wildman–Crippen MR) is 76.7 cm³/mol. The van der Waals surface area contributed by atoms with E-state index in [-0.39, 0.29) is 12.0 Å². The van der Waals surface area contributed by atoms with Gasteiger partial charge in [-0.15, -0.1) is 0 Å². The van der Waals surface area contributed by atoms with Crippen molar-refractivity contribution in [2.24, 2.45) is 0 Å². The number of carboxylic acids is 1. The summed E-state index contributed by atoms with van der Waals surface area (Å²) in [6, 6.07) is 7.81. The molecular formula is C15H21N2O4-. The molecule has 1 atom stereocenters. The number of hydrogen-bond donors (Lipinski definition) is 2. The molecule has 1 fully saturated rings. The second-order valence-corrected chi connectivity index (χ2v) is 4.51. The fraction of sp³-hybridized carbons (Fsp3) is 0.467. The van der Waals surface area contributed by atoms with E-state index in [0.717, 1.165) is 32.1 Å². The summed E-state index contributed by atoms with van der Waals surface area (Å²) >= 11 is 0. The van der Waals surface area contributed by atoms with E-state index in [0.29, 0.717) is 12.2 Å². The summed E-state index contributed by atoms with van der Waals surface area (Å²) in [6.07, 6.45) is 0. The van der Waals surface area contributed by atoms with E-state index in [4.69, 9.17) is 14.6 Å².